The SMILES string of the molecule is CC(Oc1cccc(Cl)c1Cl)C(=O)NCCCC(=O)N1CCc2ccccc2C1. The maximum Gasteiger partial charge on any atom is 0.260 e. The number of carbonyl (C=O) groups excluding carboxylic acids is 2. The molecule has 0 saturated carbocycles. The van der Waals surface area contributed by atoms with E-state index in [0.29, 0.717) is 36.7 Å². The number of rotatable bonds is 7. The highest BCUT2D eigenvalue weighted by Gasteiger charge is 2.20. The summed E-state index contributed by atoms with van der Waals surface area (Å²) in [6.45, 7) is 3.45. The summed E-state index contributed by atoms with van der Waals surface area (Å²) in [5.74, 6) is 0.214. The van der Waals surface area contributed by atoms with Crippen molar-refractivity contribution in [3.63, 3.8) is 0 Å². The van der Waals surface area contributed by atoms with E-state index in [2.05, 4.69) is 17.4 Å². The first-order chi connectivity index (χ1) is 14.0. The number of nitrogens with zero attached hydrogens (tertiary/aromatic N) is 1. The molecule has 3 rings (SSSR count). The lowest BCUT2D eigenvalue weighted by molar-refractivity contribution is -0.132. The van der Waals surface area contributed by atoms with Crippen molar-refractivity contribution < 1.29 is 14.3 Å². The van der Waals surface area contributed by atoms with Crippen LogP contribution in [0.1, 0.15) is 30.9 Å². The molecule has 7 heteroatoms. The molecule has 5 nitrogen and oxygen atoms in total. The van der Waals surface area contributed by atoms with Gasteiger partial charge in [-0.05, 0) is 43.0 Å². The van der Waals surface area contributed by atoms with E-state index in [1.54, 1.807) is 25.1 Å². The Kier molecular flexibility index (Phi) is 7.40. The first-order valence-electron chi connectivity index (χ1n) is 9.68. The molecule has 2 aromatic rings. The van der Waals surface area contributed by atoms with Gasteiger partial charge in [0, 0.05) is 26.1 Å². The van der Waals surface area contributed by atoms with E-state index >= 15 is 0 Å². The zero-order valence-electron chi connectivity index (χ0n) is 16.3. The summed E-state index contributed by atoms with van der Waals surface area (Å²) in [5.41, 5.74) is 2.53. The molecule has 0 saturated heterocycles. The quantitative estimate of drug-likeness (QED) is 0.662. The van der Waals surface area contributed by atoms with Gasteiger partial charge in [0.2, 0.25) is 5.91 Å². The molecular formula is C22H24Cl2N2O3. The van der Waals surface area contributed by atoms with E-state index in [4.69, 9.17) is 27.9 Å². The lowest BCUT2D eigenvalue weighted by Gasteiger charge is -2.29. The summed E-state index contributed by atoms with van der Waals surface area (Å²) in [4.78, 5) is 26.6. The van der Waals surface area contributed by atoms with E-state index in [0.717, 1.165) is 13.0 Å². The smallest absolute Gasteiger partial charge is 0.260 e. The Labute approximate surface area is 180 Å². The number of ether oxygens (including phenoxy) is 1. The zero-order valence-corrected chi connectivity index (χ0v) is 17.8. The molecule has 1 N–H and O–H groups in total. The van der Waals surface area contributed by atoms with Gasteiger partial charge in [-0.15, -0.1) is 0 Å². The Morgan fingerprint density at radius 1 is 1.14 bits per heavy atom. The molecule has 0 bridgehead atoms. The van der Waals surface area contributed by atoms with Crippen molar-refractivity contribution in [1.82, 2.24) is 10.2 Å². The minimum absolute atomic E-state index is 0.115. The third-order valence-electron chi connectivity index (χ3n) is 4.94. The third kappa shape index (κ3) is 5.64. The van der Waals surface area contributed by atoms with Crippen molar-refractivity contribution in [3.8, 4) is 5.75 Å². The zero-order chi connectivity index (χ0) is 20.8. The Morgan fingerprint density at radius 3 is 2.69 bits per heavy atom. The molecule has 2 amide bonds. The number of nitrogens with one attached hydrogen (secondary N) is 1. The van der Waals surface area contributed by atoms with Crippen LogP contribution in [0.25, 0.3) is 0 Å². The predicted molar refractivity (Wildman–Crippen MR) is 114 cm³/mol. The summed E-state index contributed by atoms with van der Waals surface area (Å²) >= 11 is 12.0. The van der Waals surface area contributed by atoms with Gasteiger partial charge in [-0.25, -0.2) is 0 Å². The fraction of sp³-hybridized carbons (Fsp3) is 0.364. The van der Waals surface area contributed by atoms with Crippen LogP contribution >= 0.6 is 23.2 Å². The minimum Gasteiger partial charge on any atom is -0.479 e. The Balaban J connectivity index is 1.39. The second-order valence-corrected chi connectivity index (χ2v) is 7.83. The molecule has 1 aliphatic heterocycles. The summed E-state index contributed by atoms with van der Waals surface area (Å²) in [7, 11) is 0. The lowest BCUT2D eigenvalue weighted by atomic mass is 9.99. The van der Waals surface area contributed by atoms with Gasteiger partial charge < -0.3 is 15.0 Å². The van der Waals surface area contributed by atoms with Gasteiger partial charge in [-0.1, -0.05) is 53.5 Å². The summed E-state index contributed by atoms with van der Waals surface area (Å²) < 4.78 is 5.59. The van der Waals surface area contributed by atoms with Gasteiger partial charge in [-0.3, -0.25) is 9.59 Å². The molecule has 29 heavy (non-hydrogen) atoms. The first-order valence-corrected chi connectivity index (χ1v) is 10.4. The van der Waals surface area contributed by atoms with Crippen molar-refractivity contribution >= 4 is 35.0 Å². The van der Waals surface area contributed by atoms with Crippen LogP contribution in [0.5, 0.6) is 5.75 Å². The molecule has 0 spiro atoms. The fourth-order valence-corrected chi connectivity index (χ4v) is 3.62. The molecule has 0 radical (unpaired) electrons. The van der Waals surface area contributed by atoms with Gasteiger partial charge in [0.25, 0.3) is 5.91 Å². The Morgan fingerprint density at radius 2 is 1.90 bits per heavy atom. The Hall–Kier alpha value is -2.24. The van der Waals surface area contributed by atoms with E-state index in [1.165, 1.54) is 11.1 Å². The molecule has 1 unspecified atom stereocenters. The van der Waals surface area contributed by atoms with Crippen LogP contribution in [-0.4, -0.2) is 35.9 Å². The topological polar surface area (TPSA) is 58.6 Å². The summed E-state index contributed by atoms with van der Waals surface area (Å²) in [5, 5.41) is 3.45. The molecule has 0 aliphatic carbocycles. The second-order valence-electron chi connectivity index (χ2n) is 7.04. The third-order valence-corrected chi connectivity index (χ3v) is 5.74. The van der Waals surface area contributed by atoms with Crippen LogP contribution in [0.15, 0.2) is 42.5 Å². The van der Waals surface area contributed by atoms with E-state index in [1.807, 2.05) is 17.0 Å². The molecular weight excluding hydrogens is 411 g/mol. The summed E-state index contributed by atoms with van der Waals surface area (Å²) in [6, 6.07) is 13.2. The molecule has 2 aromatic carbocycles. The normalized spacial score (nSPS) is 14.1. The standard InChI is InChI=1S/C22H24Cl2N2O3/c1-15(29-19-9-4-8-18(23)21(19)24)22(28)25-12-5-10-20(27)26-13-11-16-6-2-3-7-17(16)14-26/h2-4,6-9,15H,5,10-14H2,1H3,(H,25,28). The largest absolute Gasteiger partial charge is 0.479 e. The minimum atomic E-state index is -0.722. The van der Waals surface area contributed by atoms with Crippen molar-refractivity contribution in [2.75, 3.05) is 13.1 Å². The number of amides is 2. The van der Waals surface area contributed by atoms with Crippen molar-refractivity contribution in [1.29, 1.82) is 0 Å². The molecule has 1 heterocycles. The predicted octanol–water partition coefficient (Wildman–Crippen LogP) is 4.24. The van der Waals surface area contributed by atoms with Gasteiger partial charge in [-0.2, -0.15) is 0 Å². The number of benzene rings is 2. The van der Waals surface area contributed by atoms with Crippen LogP contribution in [-0.2, 0) is 22.6 Å². The van der Waals surface area contributed by atoms with E-state index in [9.17, 15) is 9.59 Å². The van der Waals surface area contributed by atoms with Crippen molar-refractivity contribution in [2.24, 2.45) is 0 Å². The monoisotopic (exact) mass is 434 g/mol. The van der Waals surface area contributed by atoms with Crippen LogP contribution in [0.3, 0.4) is 0 Å². The van der Waals surface area contributed by atoms with Gasteiger partial charge in [0.1, 0.15) is 10.8 Å². The average Bonchev–Trinajstić information content (AvgIpc) is 2.73. The highest BCUT2D eigenvalue weighted by molar-refractivity contribution is 6.42. The van der Waals surface area contributed by atoms with Crippen molar-refractivity contribution in [3.05, 3.63) is 63.6 Å². The number of hydrogen-bond acceptors (Lipinski definition) is 3. The van der Waals surface area contributed by atoms with E-state index < -0.39 is 6.10 Å². The van der Waals surface area contributed by atoms with Crippen molar-refractivity contribution in [2.45, 2.75) is 38.8 Å². The van der Waals surface area contributed by atoms with Gasteiger partial charge in [0.05, 0.1) is 5.02 Å². The van der Waals surface area contributed by atoms with Crippen LogP contribution < -0.4 is 10.1 Å². The van der Waals surface area contributed by atoms with E-state index in [-0.39, 0.29) is 16.8 Å². The maximum atomic E-state index is 12.5. The fourth-order valence-electron chi connectivity index (χ4n) is 3.28. The lowest BCUT2D eigenvalue weighted by Crippen LogP contribution is -2.38. The molecule has 0 aromatic heterocycles. The van der Waals surface area contributed by atoms with Gasteiger partial charge in [0.15, 0.2) is 6.10 Å². The number of carbonyl (C=O) groups is 2. The second kappa shape index (κ2) is 9.99. The van der Waals surface area contributed by atoms with Gasteiger partial charge >= 0.3 is 0 Å². The molecule has 1 atom stereocenters. The molecule has 154 valence electrons. The number of hydrogen-bond donors (Lipinski definition) is 1. The molecule has 0 fully saturated rings. The number of halogens is 2. The highest BCUT2D eigenvalue weighted by Crippen LogP contribution is 2.32. The first kappa shape index (κ1) is 21.5. The van der Waals surface area contributed by atoms with Crippen LogP contribution in [0, 0.1) is 0 Å². The maximum absolute atomic E-state index is 12.5. The molecule has 1 aliphatic rings. The number of fused-ring (bicyclic) bond motifs is 1. The van der Waals surface area contributed by atoms with Crippen LogP contribution in [0.2, 0.25) is 10.0 Å². The van der Waals surface area contributed by atoms with Crippen LogP contribution in [0.4, 0.5) is 0 Å². The Bertz CT molecular complexity index is 888. The highest BCUT2D eigenvalue weighted by atomic mass is 35.5. The summed E-state index contributed by atoms with van der Waals surface area (Å²) in [6.07, 6.45) is 1.14. The average molecular weight is 435 g/mol.